The van der Waals surface area contributed by atoms with Gasteiger partial charge in [-0.1, -0.05) is 24.1 Å². The van der Waals surface area contributed by atoms with E-state index in [4.69, 9.17) is 0 Å². The molecule has 1 aromatic carbocycles. The Labute approximate surface area is 173 Å². The van der Waals surface area contributed by atoms with Crippen LogP contribution in [-0.2, 0) is 10.0 Å². The lowest BCUT2D eigenvalue weighted by molar-refractivity contribution is 0.151. The second-order valence-electron chi connectivity index (χ2n) is 7.21. The topological polar surface area (TPSA) is 73.8 Å². The molecule has 1 heterocycles. The molecule has 0 unspecified atom stereocenters. The van der Waals surface area contributed by atoms with E-state index in [1.54, 1.807) is 31.3 Å². The summed E-state index contributed by atoms with van der Waals surface area (Å²) in [6.45, 7) is 4.89. The van der Waals surface area contributed by atoms with Crippen molar-refractivity contribution >= 4 is 40.0 Å². The van der Waals surface area contributed by atoms with Crippen LogP contribution in [0.5, 0.6) is 0 Å². The number of guanidine groups is 1. The van der Waals surface area contributed by atoms with Crippen LogP contribution < -0.4 is 10.0 Å². The summed E-state index contributed by atoms with van der Waals surface area (Å²) in [6, 6.07) is 6.87. The van der Waals surface area contributed by atoms with Crippen LogP contribution in [0.3, 0.4) is 0 Å². The van der Waals surface area contributed by atoms with Crippen LogP contribution in [0.25, 0.3) is 0 Å². The SMILES string of the molecule is CN=C(NCCNS(=O)(=O)c1ccc(C)cc1)N1CCC2(CCC2)C1.I. The number of rotatable bonds is 5. The van der Waals surface area contributed by atoms with E-state index in [0.29, 0.717) is 23.4 Å². The molecule has 1 aromatic rings. The summed E-state index contributed by atoms with van der Waals surface area (Å²) in [6.07, 6.45) is 5.25. The molecule has 8 heteroatoms. The average Bonchev–Trinajstić information content (AvgIpc) is 3.01. The van der Waals surface area contributed by atoms with Gasteiger partial charge in [0.1, 0.15) is 0 Å². The van der Waals surface area contributed by atoms with Gasteiger partial charge >= 0.3 is 0 Å². The number of nitrogens with zero attached hydrogens (tertiary/aromatic N) is 2. The van der Waals surface area contributed by atoms with E-state index in [0.717, 1.165) is 24.6 Å². The van der Waals surface area contributed by atoms with Crippen LogP contribution in [0.1, 0.15) is 31.2 Å². The first-order valence-electron chi connectivity index (χ1n) is 8.96. The van der Waals surface area contributed by atoms with Crippen LogP contribution in [0.4, 0.5) is 0 Å². The molecule has 6 nitrogen and oxygen atoms in total. The van der Waals surface area contributed by atoms with Crippen molar-refractivity contribution in [1.82, 2.24) is 14.9 Å². The first kappa shape index (κ1) is 21.4. The van der Waals surface area contributed by atoms with Crippen molar-refractivity contribution in [2.75, 3.05) is 33.2 Å². The number of sulfonamides is 1. The molecule has 1 aliphatic carbocycles. The third-order valence-corrected chi connectivity index (χ3v) is 6.87. The maximum absolute atomic E-state index is 12.3. The van der Waals surface area contributed by atoms with E-state index in [9.17, 15) is 8.42 Å². The van der Waals surface area contributed by atoms with Crippen LogP contribution in [0.15, 0.2) is 34.2 Å². The molecule has 1 aliphatic heterocycles. The lowest BCUT2D eigenvalue weighted by atomic mass is 9.68. The summed E-state index contributed by atoms with van der Waals surface area (Å²) in [4.78, 5) is 6.95. The predicted octanol–water partition coefficient (Wildman–Crippen LogP) is 2.34. The summed E-state index contributed by atoms with van der Waals surface area (Å²) in [7, 11) is -1.68. The fraction of sp³-hybridized carbons (Fsp3) is 0.611. The molecule has 1 spiro atoms. The van der Waals surface area contributed by atoms with Crippen LogP contribution in [-0.4, -0.2) is 52.5 Å². The third-order valence-electron chi connectivity index (χ3n) is 5.40. The minimum atomic E-state index is -3.46. The van der Waals surface area contributed by atoms with Crippen molar-refractivity contribution in [2.24, 2.45) is 10.4 Å². The molecule has 26 heavy (non-hydrogen) atoms. The standard InChI is InChI=1S/C18H28N4O2S.HI/c1-15-4-6-16(7-5-15)25(23,24)21-12-11-20-17(19-2)22-13-10-18(14-22)8-3-9-18;/h4-7,21H,3,8-14H2,1-2H3,(H,19,20);1H. The van der Waals surface area contributed by atoms with Gasteiger partial charge in [-0.25, -0.2) is 13.1 Å². The molecule has 0 amide bonds. The van der Waals surface area contributed by atoms with Gasteiger partial charge in [0.2, 0.25) is 10.0 Å². The van der Waals surface area contributed by atoms with Gasteiger partial charge in [-0.2, -0.15) is 0 Å². The van der Waals surface area contributed by atoms with Gasteiger partial charge in [0.25, 0.3) is 0 Å². The average molecular weight is 492 g/mol. The van der Waals surface area contributed by atoms with Crippen molar-refractivity contribution in [1.29, 1.82) is 0 Å². The number of hydrogen-bond acceptors (Lipinski definition) is 3. The van der Waals surface area contributed by atoms with Crippen LogP contribution >= 0.6 is 24.0 Å². The van der Waals surface area contributed by atoms with Gasteiger partial charge in [-0.3, -0.25) is 4.99 Å². The van der Waals surface area contributed by atoms with Crippen molar-refractivity contribution in [3.05, 3.63) is 29.8 Å². The van der Waals surface area contributed by atoms with Crippen molar-refractivity contribution in [3.8, 4) is 0 Å². The molecule has 1 saturated heterocycles. The van der Waals surface area contributed by atoms with Gasteiger partial charge in [0.05, 0.1) is 4.90 Å². The van der Waals surface area contributed by atoms with E-state index in [1.165, 1.54) is 25.7 Å². The Morgan fingerprint density at radius 2 is 1.88 bits per heavy atom. The van der Waals surface area contributed by atoms with E-state index in [-0.39, 0.29) is 24.0 Å². The van der Waals surface area contributed by atoms with Crippen LogP contribution in [0, 0.1) is 12.3 Å². The number of benzene rings is 1. The van der Waals surface area contributed by atoms with Crippen molar-refractivity contribution in [2.45, 2.75) is 37.5 Å². The molecular formula is C18H29IN4O2S. The van der Waals surface area contributed by atoms with E-state index in [2.05, 4.69) is 19.9 Å². The molecule has 2 aliphatic rings. The minimum absolute atomic E-state index is 0. The second-order valence-corrected chi connectivity index (χ2v) is 8.98. The maximum atomic E-state index is 12.3. The number of aryl methyl sites for hydroxylation is 1. The van der Waals surface area contributed by atoms with E-state index >= 15 is 0 Å². The fourth-order valence-corrected chi connectivity index (χ4v) is 4.73. The van der Waals surface area contributed by atoms with Crippen LogP contribution in [0.2, 0.25) is 0 Å². The maximum Gasteiger partial charge on any atom is 0.240 e. The van der Waals surface area contributed by atoms with Crippen molar-refractivity contribution < 1.29 is 8.42 Å². The van der Waals surface area contributed by atoms with Gasteiger partial charge in [0.15, 0.2) is 5.96 Å². The summed E-state index contributed by atoms with van der Waals surface area (Å²) in [5.74, 6) is 0.873. The first-order chi connectivity index (χ1) is 11.9. The number of likely N-dealkylation sites (tertiary alicyclic amines) is 1. The Morgan fingerprint density at radius 3 is 2.42 bits per heavy atom. The summed E-state index contributed by atoms with van der Waals surface area (Å²) >= 11 is 0. The molecule has 2 fully saturated rings. The van der Waals surface area contributed by atoms with Gasteiger partial charge in [-0.05, 0) is 43.7 Å². The summed E-state index contributed by atoms with van der Waals surface area (Å²) < 4.78 is 27.2. The molecule has 1 saturated carbocycles. The Morgan fingerprint density at radius 1 is 1.19 bits per heavy atom. The zero-order valence-corrected chi connectivity index (χ0v) is 18.6. The highest BCUT2D eigenvalue weighted by atomic mass is 127. The largest absolute Gasteiger partial charge is 0.355 e. The Balaban J connectivity index is 0.00000243. The first-order valence-corrected chi connectivity index (χ1v) is 10.4. The van der Waals surface area contributed by atoms with Gasteiger partial charge in [-0.15, -0.1) is 24.0 Å². The lowest BCUT2D eigenvalue weighted by Gasteiger charge is -2.38. The zero-order valence-electron chi connectivity index (χ0n) is 15.5. The Kier molecular flexibility index (Phi) is 7.32. The second kappa shape index (κ2) is 8.88. The molecule has 0 aromatic heterocycles. The third kappa shape index (κ3) is 4.89. The van der Waals surface area contributed by atoms with E-state index < -0.39 is 10.0 Å². The normalized spacial score (nSPS) is 19.2. The monoisotopic (exact) mass is 492 g/mol. The van der Waals surface area contributed by atoms with E-state index in [1.807, 2.05) is 6.92 Å². The minimum Gasteiger partial charge on any atom is -0.355 e. The Bertz CT molecular complexity index is 730. The number of nitrogens with one attached hydrogen (secondary N) is 2. The molecular weight excluding hydrogens is 463 g/mol. The van der Waals surface area contributed by atoms with Gasteiger partial charge < -0.3 is 10.2 Å². The molecule has 0 atom stereocenters. The zero-order chi connectivity index (χ0) is 17.9. The number of hydrogen-bond donors (Lipinski definition) is 2. The van der Waals surface area contributed by atoms with Crippen molar-refractivity contribution in [3.63, 3.8) is 0 Å². The van der Waals surface area contributed by atoms with Gasteiger partial charge in [0, 0.05) is 33.2 Å². The quantitative estimate of drug-likeness (QED) is 0.287. The molecule has 0 radical (unpaired) electrons. The Hall–Kier alpha value is -0.870. The molecule has 2 N–H and O–H groups in total. The highest BCUT2D eigenvalue weighted by Gasteiger charge is 2.43. The molecule has 3 rings (SSSR count). The fourth-order valence-electron chi connectivity index (χ4n) is 3.69. The summed E-state index contributed by atoms with van der Waals surface area (Å²) in [5, 5.41) is 3.28. The predicted molar refractivity (Wildman–Crippen MR) is 116 cm³/mol. The highest BCUT2D eigenvalue weighted by molar-refractivity contribution is 14.0. The highest BCUT2D eigenvalue weighted by Crippen LogP contribution is 2.47. The number of aliphatic imine (C=N–C) groups is 1. The molecule has 146 valence electrons. The lowest BCUT2D eigenvalue weighted by Crippen LogP contribution is -2.44. The number of halogens is 1. The smallest absolute Gasteiger partial charge is 0.240 e. The summed E-state index contributed by atoms with van der Waals surface area (Å²) in [5.41, 5.74) is 1.56. The molecule has 0 bridgehead atoms.